The van der Waals surface area contributed by atoms with E-state index in [1.807, 2.05) is 12.1 Å². The number of ether oxygens (including phenoxy) is 1. The highest BCUT2D eigenvalue weighted by atomic mass is 16.5. The first-order valence-corrected chi connectivity index (χ1v) is 5.21. The molecule has 0 aromatic carbocycles. The minimum atomic E-state index is -0.0908. The third-order valence-electron chi connectivity index (χ3n) is 3.21. The molecule has 1 saturated heterocycles. The van der Waals surface area contributed by atoms with E-state index in [0.717, 1.165) is 6.42 Å². The van der Waals surface area contributed by atoms with Gasteiger partial charge in [0, 0.05) is 12.4 Å². The van der Waals surface area contributed by atoms with Crippen LogP contribution in [0.25, 0.3) is 0 Å². The average Bonchev–Trinajstić information content (AvgIpc) is 2.24. The van der Waals surface area contributed by atoms with Gasteiger partial charge in [-0.25, -0.2) is 0 Å². The van der Waals surface area contributed by atoms with Crippen molar-refractivity contribution < 1.29 is 4.74 Å². The van der Waals surface area contributed by atoms with Crippen LogP contribution in [0, 0.1) is 17.2 Å². The van der Waals surface area contributed by atoms with E-state index in [9.17, 15) is 0 Å². The molecule has 1 fully saturated rings. The second-order valence-corrected chi connectivity index (χ2v) is 3.97. The lowest BCUT2D eigenvalue weighted by atomic mass is 9.68. The smallest absolute Gasteiger partial charge is 0.0666 e. The van der Waals surface area contributed by atoms with Crippen molar-refractivity contribution in [3.63, 3.8) is 0 Å². The maximum Gasteiger partial charge on any atom is 0.0666 e. The van der Waals surface area contributed by atoms with E-state index in [2.05, 4.69) is 18.0 Å². The van der Waals surface area contributed by atoms with Crippen molar-refractivity contribution in [1.82, 2.24) is 4.98 Å². The standard InChI is InChI=1S/C12H14N2O/c1-2-10(7-13)12(8-15-9-12)11-3-5-14-6-4-11/h3-6,10H,2,8-9H2,1H3. The molecule has 0 bridgehead atoms. The van der Waals surface area contributed by atoms with Gasteiger partial charge in [0.15, 0.2) is 0 Å². The number of hydrogen-bond donors (Lipinski definition) is 0. The maximum atomic E-state index is 9.17. The molecule has 0 saturated carbocycles. The Balaban J connectivity index is 2.34. The number of aromatic nitrogens is 1. The molecule has 0 amide bonds. The minimum Gasteiger partial charge on any atom is -0.379 e. The van der Waals surface area contributed by atoms with Gasteiger partial charge in [0.1, 0.15) is 0 Å². The van der Waals surface area contributed by atoms with Gasteiger partial charge in [-0.15, -0.1) is 0 Å². The van der Waals surface area contributed by atoms with E-state index in [-0.39, 0.29) is 11.3 Å². The monoisotopic (exact) mass is 202 g/mol. The van der Waals surface area contributed by atoms with Crippen LogP contribution in [0.15, 0.2) is 24.5 Å². The molecule has 1 unspecified atom stereocenters. The predicted molar refractivity (Wildman–Crippen MR) is 56.1 cm³/mol. The lowest BCUT2D eigenvalue weighted by Gasteiger charge is -2.44. The van der Waals surface area contributed by atoms with Crippen molar-refractivity contribution in [3.05, 3.63) is 30.1 Å². The summed E-state index contributed by atoms with van der Waals surface area (Å²) in [6.07, 6.45) is 4.42. The summed E-state index contributed by atoms with van der Waals surface area (Å²) in [5.41, 5.74) is 1.09. The number of hydrogen-bond acceptors (Lipinski definition) is 3. The van der Waals surface area contributed by atoms with Crippen LogP contribution in [0.3, 0.4) is 0 Å². The summed E-state index contributed by atoms with van der Waals surface area (Å²) >= 11 is 0. The van der Waals surface area contributed by atoms with E-state index in [4.69, 9.17) is 10.00 Å². The fraction of sp³-hybridized carbons (Fsp3) is 0.500. The van der Waals surface area contributed by atoms with Crippen molar-refractivity contribution in [2.24, 2.45) is 5.92 Å². The molecular formula is C12H14N2O. The normalized spacial score (nSPS) is 20.0. The van der Waals surface area contributed by atoms with E-state index >= 15 is 0 Å². The molecule has 2 heterocycles. The molecule has 78 valence electrons. The summed E-state index contributed by atoms with van der Waals surface area (Å²) in [5.74, 6) is 0.0358. The van der Waals surface area contributed by atoms with E-state index in [1.165, 1.54) is 5.56 Å². The Bertz CT molecular complexity index is 365. The van der Waals surface area contributed by atoms with E-state index in [1.54, 1.807) is 12.4 Å². The quantitative estimate of drug-likeness (QED) is 0.752. The second-order valence-electron chi connectivity index (χ2n) is 3.97. The van der Waals surface area contributed by atoms with E-state index in [0.29, 0.717) is 13.2 Å². The molecule has 3 nitrogen and oxygen atoms in total. The molecule has 2 rings (SSSR count). The molecule has 15 heavy (non-hydrogen) atoms. The molecule has 1 aliphatic heterocycles. The van der Waals surface area contributed by atoms with Gasteiger partial charge < -0.3 is 4.74 Å². The Morgan fingerprint density at radius 2 is 2.20 bits per heavy atom. The van der Waals surface area contributed by atoms with Crippen LogP contribution in [0.5, 0.6) is 0 Å². The third kappa shape index (κ3) is 1.51. The van der Waals surface area contributed by atoms with Gasteiger partial charge in [-0.05, 0) is 24.1 Å². The summed E-state index contributed by atoms with van der Waals surface area (Å²) in [7, 11) is 0. The molecule has 0 N–H and O–H groups in total. The largest absolute Gasteiger partial charge is 0.379 e. The number of rotatable bonds is 3. The van der Waals surface area contributed by atoms with Crippen molar-refractivity contribution in [3.8, 4) is 6.07 Å². The molecule has 1 aromatic rings. The van der Waals surface area contributed by atoms with Crippen molar-refractivity contribution in [1.29, 1.82) is 5.26 Å². The van der Waals surface area contributed by atoms with Crippen LogP contribution in [-0.2, 0) is 10.2 Å². The van der Waals surface area contributed by atoms with Crippen LogP contribution < -0.4 is 0 Å². The average molecular weight is 202 g/mol. The second kappa shape index (κ2) is 4.00. The number of pyridine rings is 1. The van der Waals surface area contributed by atoms with Crippen molar-refractivity contribution in [2.45, 2.75) is 18.8 Å². The zero-order valence-corrected chi connectivity index (χ0v) is 8.81. The highest BCUT2D eigenvalue weighted by Crippen LogP contribution is 2.40. The molecule has 1 atom stereocenters. The highest BCUT2D eigenvalue weighted by molar-refractivity contribution is 5.29. The van der Waals surface area contributed by atoms with Gasteiger partial charge in [0.25, 0.3) is 0 Å². The number of nitrogens with zero attached hydrogens (tertiary/aromatic N) is 2. The molecule has 1 aliphatic rings. The van der Waals surface area contributed by atoms with Crippen LogP contribution in [0.2, 0.25) is 0 Å². The zero-order valence-electron chi connectivity index (χ0n) is 8.81. The van der Waals surface area contributed by atoms with E-state index < -0.39 is 0 Å². The van der Waals surface area contributed by atoms with Crippen LogP contribution >= 0.6 is 0 Å². The Kier molecular flexibility index (Phi) is 2.70. The van der Waals surface area contributed by atoms with Crippen molar-refractivity contribution in [2.75, 3.05) is 13.2 Å². The lowest BCUT2D eigenvalue weighted by Crippen LogP contribution is -2.51. The predicted octanol–water partition coefficient (Wildman–Crippen LogP) is 1.90. The van der Waals surface area contributed by atoms with Gasteiger partial charge in [0.2, 0.25) is 0 Å². The Morgan fingerprint density at radius 3 is 2.60 bits per heavy atom. The fourth-order valence-electron chi connectivity index (χ4n) is 2.18. The first-order valence-electron chi connectivity index (χ1n) is 5.21. The lowest BCUT2D eigenvalue weighted by molar-refractivity contribution is -0.0805. The van der Waals surface area contributed by atoms with Crippen LogP contribution in [0.4, 0.5) is 0 Å². The first-order chi connectivity index (χ1) is 7.33. The molecule has 1 aromatic heterocycles. The fourth-order valence-corrected chi connectivity index (χ4v) is 2.18. The first kappa shape index (κ1) is 10.1. The molecule has 0 spiro atoms. The SMILES string of the molecule is CCC(C#N)C1(c2ccncc2)COC1. The number of nitriles is 1. The Hall–Kier alpha value is -1.40. The maximum absolute atomic E-state index is 9.17. The van der Waals surface area contributed by atoms with Gasteiger partial charge in [0.05, 0.1) is 30.6 Å². The minimum absolute atomic E-state index is 0.0358. The van der Waals surface area contributed by atoms with Crippen molar-refractivity contribution >= 4 is 0 Å². The molecule has 3 heteroatoms. The molecule has 0 aliphatic carbocycles. The van der Waals surface area contributed by atoms with Gasteiger partial charge in [-0.1, -0.05) is 6.92 Å². The summed E-state index contributed by atoms with van der Waals surface area (Å²) < 4.78 is 5.31. The van der Waals surface area contributed by atoms with Gasteiger partial charge >= 0.3 is 0 Å². The molecular weight excluding hydrogens is 188 g/mol. The van der Waals surface area contributed by atoms with Gasteiger partial charge in [-0.2, -0.15) is 5.26 Å². The summed E-state index contributed by atoms with van der Waals surface area (Å²) in [5, 5.41) is 9.17. The third-order valence-corrected chi connectivity index (χ3v) is 3.21. The van der Waals surface area contributed by atoms with Gasteiger partial charge in [-0.3, -0.25) is 4.98 Å². The zero-order chi connectivity index (χ0) is 10.7. The summed E-state index contributed by atoms with van der Waals surface area (Å²) in [6, 6.07) is 6.37. The highest BCUT2D eigenvalue weighted by Gasteiger charge is 2.46. The summed E-state index contributed by atoms with van der Waals surface area (Å²) in [4.78, 5) is 4.00. The Morgan fingerprint density at radius 1 is 1.53 bits per heavy atom. The topological polar surface area (TPSA) is 45.9 Å². The summed E-state index contributed by atoms with van der Waals surface area (Å²) in [6.45, 7) is 3.36. The molecule has 0 radical (unpaired) electrons. The Labute approximate surface area is 89.7 Å². The van der Waals surface area contributed by atoms with Crippen LogP contribution in [0.1, 0.15) is 18.9 Å². The van der Waals surface area contributed by atoms with Crippen LogP contribution in [-0.4, -0.2) is 18.2 Å².